The summed E-state index contributed by atoms with van der Waals surface area (Å²) in [6.07, 6.45) is 5.70. The molecule has 5 heteroatoms. The van der Waals surface area contributed by atoms with Gasteiger partial charge in [0.15, 0.2) is 0 Å². The van der Waals surface area contributed by atoms with E-state index in [1.54, 1.807) is 0 Å². The second-order valence-electron chi connectivity index (χ2n) is 8.24. The smallest absolute Gasteiger partial charge is 0.305 e. The van der Waals surface area contributed by atoms with E-state index in [2.05, 4.69) is 17.0 Å². The van der Waals surface area contributed by atoms with Gasteiger partial charge in [-0.3, -0.25) is 9.59 Å². The van der Waals surface area contributed by atoms with E-state index in [1.165, 1.54) is 7.11 Å². The Morgan fingerprint density at radius 3 is 2.56 bits per heavy atom. The van der Waals surface area contributed by atoms with Crippen LogP contribution in [0.5, 0.6) is 0 Å². The molecule has 1 amide bonds. The Bertz CT molecular complexity index is 638. The molecule has 1 aromatic rings. The molecule has 1 spiro atoms. The van der Waals surface area contributed by atoms with Gasteiger partial charge in [-0.2, -0.15) is 0 Å². The molecule has 0 radical (unpaired) electrons. The van der Waals surface area contributed by atoms with Crippen molar-refractivity contribution in [1.82, 2.24) is 9.80 Å². The zero-order valence-corrected chi connectivity index (χ0v) is 16.7. The number of ether oxygens (including phenoxy) is 1. The highest BCUT2D eigenvalue weighted by molar-refractivity contribution is 5.84. The number of hydrogen-bond donors (Lipinski definition) is 0. The van der Waals surface area contributed by atoms with Gasteiger partial charge in [0.2, 0.25) is 5.91 Å². The first-order valence-corrected chi connectivity index (χ1v) is 10.1. The summed E-state index contributed by atoms with van der Waals surface area (Å²) in [4.78, 5) is 28.4. The number of hydrogen-bond acceptors (Lipinski definition) is 4. The van der Waals surface area contributed by atoms with Crippen LogP contribution >= 0.6 is 0 Å². The summed E-state index contributed by atoms with van der Waals surface area (Å²) in [5.41, 5.74) is 1.39. The Hall–Kier alpha value is -1.88. The fourth-order valence-electron chi connectivity index (χ4n) is 4.70. The molecule has 0 aromatic heterocycles. The van der Waals surface area contributed by atoms with E-state index in [-0.39, 0.29) is 23.2 Å². The topological polar surface area (TPSA) is 49.9 Å². The van der Waals surface area contributed by atoms with Gasteiger partial charge < -0.3 is 14.5 Å². The third-order valence-corrected chi connectivity index (χ3v) is 6.34. The maximum absolute atomic E-state index is 12.7. The maximum Gasteiger partial charge on any atom is 0.305 e. The molecule has 0 N–H and O–H groups in total. The molecule has 1 atom stereocenters. The third-order valence-electron chi connectivity index (χ3n) is 6.34. The Kier molecular flexibility index (Phi) is 6.53. The molecule has 2 heterocycles. The first-order valence-electron chi connectivity index (χ1n) is 10.1. The van der Waals surface area contributed by atoms with Gasteiger partial charge in [0.25, 0.3) is 0 Å². The highest BCUT2D eigenvalue weighted by Gasteiger charge is 2.44. The molecule has 2 fully saturated rings. The highest BCUT2D eigenvalue weighted by atomic mass is 16.5. The Balaban J connectivity index is 1.53. The van der Waals surface area contributed by atoms with Crippen molar-refractivity contribution in [3.8, 4) is 0 Å². The Labute approximate surface area is 162 Å². The second-order valence-corrected chi connectivity index (χ2v) is 8.24. The SMILES string of the molecule is COC(=O)CCCCN1CCC2(CC1)C[C@@H](c1ccccc1)C(=O)N(C)C2. The quantitative estimate of drug-likeness (QED) is 0.569. The van der Waals surface area contributed by atoms with Gasteiger partial charge in [-0.1, -0.05) is 30.3 Å². The summed E-state index contributed by atoms with van der Waals surface area (Å²) in [5, 5.41) is 0. The number of unbranched alkanes of at least 4 members (excludes halogenated alkanes) is 1. The lowest BCUT2D eigenvalue weighted by Crippen LogP contribution is -2.52. The number of benzene rings is 1. The molecule has 2 aliphatic heterocycles. The molecule has 0 bridgehead atoms. The molecule has 0 unspecified atom stereocenters. The molecule has 2 saturated heterocycles. The number of piperidine rings is 2. The van der Waals surface area contributed by atoms with Crippen LogP contribution < -0.4 is 0 Å². The van der Waals surface area contributed by atoms with Crippen LogP contribution in [-0.4, -0.2) is 62.0 Å². The average Bonchev–Trinajstić information content (AvgIpc) is 2.70. The number of esters is 1. The number of carbonyl (C=O) groups excluding carboxylic acids is 2. The fourth-order valence-corrected chi connectivity index (χ4v) is 4.70. The van der Waals surface area contributed by atoms with Crippen molar-refractivity contribution in [2.45, 2.75) is 44.4 Å². The van der Waals surface area contributed by atoms with E-state index in [9.17, 15) is 9.59 Å². The number of methoxy groups -OCH3 is 1. The summed E-state index contributed by atoms with van der Waals surface area (Å²) >= 11 is 0. The lowest BCUT2D eigenvalue weighted by molar-refractivity contribution is -0.141. The summed E-state index contributed by atoms with van der Waals surface area (Å²) in [5.74, 6) is 0.142. The zero-order chi connectivity index (χ0) is 19.3. The fraction of sp³-hybridized carbons (Fsp3) is 0.636. The van der Waals surface area contributed by atoms with Gasteiger partial charge in [-0.15, -0.1) is 0 Å². The van der Waals surface area contributed by atoms with Crippen LogP contribution in [0.25, 0.3) is 0 Å². The molecule has 27 heavy (non-hydrogen) atoms. The number of rotatable bonds is 6. The maximum atomic E-state index is 12.7. The summed E-state index contributed by atoms with van der Waals surface area (Å²) in [7, 11) is 3.40. The largest absolute Gasteiger partial charge is 0.469 e. The normalized spacial score (nSPS) is 22.8. The van der Waals surface area contributed by atoms with Gasteiger partial charge in [0, 0.05) is 20.0 Å². The van der Waals surface area contributed by atoms with Crippen molar-refractivity contribution in [1.29, 1.82) is 0 Å². The van der Waals surface area contributed by atoms with Crippen LogP contribution in [0, 0.1) is 5.41 Å². The van der Waals surface area contributed by atoms with Gasteiger partial charge in [0.05, 0.1) is 13.0 Å². The Morgan fingerprint density at radius 2 is 1.89 bits per heavy atom. The lowest BCUT2D eigenvalue weighted by Gasteiger charge is -2.49. The summed E-state index contributed by atoms with van der Waals surface area (Å²) in [6.45, 7) is 4.10. The van der Waals surface area contributed by atoms with Crippen molar-refractivity contribution in [3.05, 3.63) is 35.9 Å². The van der Waals surface area contributed by atoms with E-state index < -0.39 is 0 Å². The molecular weight excluding hydrogens is 340 g/mol. The first-order chi connectivity index (χ1) is 13.0. The number of likely N-dealkylation sites (N-methyl/N-ethyl adjacent to an activating group) is 1. The van der Waals surface area contributed by atoms with E-state index >= 15 is 0 Å². The van der Waals surface area contributed by atoms with Gasteiger partial charge >= 0.3 is 5.97 Å². The summed E-state index contributed by atoms with van der Waals surface area (Å²) in [6, 6.07) is 10.2. The van der Waals surface area contributed by atoms with E-state index in [4.69, 9.17) is 4.74 Å². The van der Waals surface area contributed by atoms with Crippen LogP contribution in [0.3, 0.4) is 0 Å². The number of carbonyl (C=O) groups is 2. The predicted octanol–water partition coefficient (Wildman–Crippen LogP) is 3.06. The second kappa shape index (κ2) is 8.87. The van der Waals surface area contributed by atoms with Gasteiger partial charge in [0.1, 0.15) is 0 Å². The predicted molar refractivity (Wildman–Crippen MR) is 105 cm³/mol. The van der Waals surface area contributed by atoms with Crippen LogP contribution in [-0.2, 0) is 14.3 Å². The minimum Gasteiger partial charge on any atom is -0.469 e. The molecule has 5 nitrogen and oxygen atoms in total. The van der Waals surface area contributed by atoms with Gasteiger partial charge in [-0.25, -0.2) is 0 Å². The van der Waals surface area contributed by atoms with Crippen molar-refractivity contribution in [3.63, 3.8) is 0 Å². The minimum atomic E-state index is -0.116. The number of likely N-dealkylation sites (tertiary alicyclic amines) is 2. The average molecular weight is 373 g/mol. The molecule has 148 valence electrons. The van der Waals surface area contributed by atoms with Crippen LogP contribution in [0.2, 0.25) is 0 Å². The lowest BCUT2D eigenvalue weighted by atomic mass is 9.67. The highest BCUT2D eigenvalue weighted by Crippen LogP contribution is 2.45. The number of nitrogens with zero attached hydrogens (tertiary/aromatic N) is 2. The molecule has 1 aromatic carbocycles. The van der Waals surface area contributed by atoms with Crippen molar-refractivity contribution >= 4 is 11.9 Å². The minimum absolute atomic E-state index is 0.00319. The standard InChI is InChI=1S/C22H32N2O3/c1-23-17-22(16-19(21(23)26)18-8-4-3-5-9-18)11-14-24(15-12-22)13-7-6-10-20(25)27-2/h3-5,8-9,19H,6-7,10-17H2,1-2H3/t19-/m0/s1. The molecule has 0 aliphatic carbocycles. The van der Waals surface area contributed by atoms with E-state index in [0.29, 0.717) is 6.42 Å². The molecule has 2 aliphatic rings. The monoisotopic (exact) mass is 372 g/mol. The third kappa shape index (κ3) is 4.89. The van der Waals surface area contributed by atoms with Crippen molar-refractivity contribution in [2.75, 3.05) is 40.3 Å². The zero-order valence-electron chi connectivity index (χ0n) is 16.7. The first kappa shape index (κ1) is 19.9. The Morgan fingerprint density at radius 1 is 1.19 bits per heavy atom. The number of amides is 1. The van der Waals surface area contributed by atoms with E-state index in [1.807, 2.05) is 30.1 Å². The summed E-state index contributed by atoms with van der Waals surface area (Å²) < 4.78 is 4.70. The van der Waals surface area contributed by atoms with Crippen molar-refractivity contribution in [2.24, 2.45) is 5.41 Å². The van der Waals surface area contributed by atoms with Crippen LogP contribution in [0.1, 0.15) is 50.0 Å². The molecular formula is C22H32N2O3. The van der Waals surface area contributed by atoms with Crippen LogP contribution in [0.15, 0.2) is 30.3 Å². The molecule has 3 rings (SSSR count). The van der Waals surface area contributed by atoms with Crippen molar-refractivity contribution < 1.29 is 14.3 Å². The van der Waals surface area contributed by atoms with Crippen LogP contribution in [0.4, 0.5) is 0 Å². The van der Waals surface area contributed by atoms with Gasteiger partial charge in [-0.05, 0) is 62.7 Å². The molecule has 0 saturated carbocycles. The van der Waals surface area contributed by atoms with E-state index in [0.717, 1.165) is 63.8 Å².